The first-order chi connectivity index (χ1) is 14.0. The molecule has 0 spiro atoms. The summed E-state index contributed by atoms with van der Waals surface area (Å²) in [5, 5.41) is 15.3. The van der Waals surface area contributed by atoms with Gasteiger partial charge in [-0.05, 0) is 46.3 Å². The Hall–Kier alpha value is -3.10. The number of aromatic nitrogens is 5. The maximum Gasteiger partial charge on any atom is 0.248 e. The van der Waals surface area contributed by atoms with Crippen molar-refractivity contribution in [2.24, 2.45) is 0 Å². The fraction of sp³-hybridized carbons (Fsp3) is 0.0526. The van der Waals surface area contributed by atoms with Crippen molar-refractivity contribution in [2.45, 2.75) is 6.54 Å². The molecule has 2 aromatic heterocycles. The van der Waals surface area contributed by atoms with Crippen molar-refractivity contribution < 1.29 is 8.78 Å². The third kappa shape index (κ3) is 3.90. The van der Waals surface area contributed by atoms with E-state index in [0.29, 0.717) is 32.9 Å². The summed E-state index contributed by atoms with van der Waals surface area (Å²) in [7, 11) is 0. The summed E-state index contributed by atoms with van der Waals surface area (Å²) in [5.74, 6) is -1.04. The third-order valence-corrected chi connectivity index (χ3v) is 4.95. The number of hydrogen-bond acceptors (Lipinski definition) is 5. The molecule has 0 radical (unpaired) electrons. The number of rotatable bonds is 5. The molecule has 0 aliphatic heterocycles. The summed E-state index contributed by atoms with van der Waals surface area (Å²) in [4.78, 5) is 4.25. The van der Waals surface area contributed by atoms with Crippen LogP contribution < -0.4 is 5.32 Å². The van der Waals surface area contributed by atoms with Gasteiger partial charge in [0.1, 0.15) is 11.6 Å². The molecule has 0 amide bonds. The van der Waals surface area contributed by atoms with E-state index in [0.717, 1.165) is 6.07 Å². The van der Waals surface area contributed by atoms with Gasteiger partial charge in [0.15, 0.2) is 0 Å². The fourth-order valence-electron chi connectivity index (χ4n) is 2.80. The predicted molar refractivity (Wildman–Crippen MR) is 106 cm³/mol. The molecule has 4 rings (SSSR count). The van der Waals surface area contributed by atoms with Gasteiger partial charge in [-0.25, -0.2) is 8.78 Å². The summed E-state index contributed by atoms with van der Waals surface area (Å²) >= 11 is 12.3. The maximum absolute atomic E-state index is 14.2. The lowest BCUT2D eigenvalue weighted by Crippen LogP contribution is -2.09. The van der Waals surface area contributed by atoms with Gasteiger partial charge in [0.05, 0.1) is 21.4 Å². The molecule has 0 fully saturated rings. The Morgan fingerprint density at radius 3 is 2.72 bits per heavy atom. The highest BCUT2D eigenvalue weighted by molar-refractivity contribution is 6.43. The summed E-state index contributed by atoms with van der Waals surface area (Å²) in [6.45, 7) is 0.235. The zero-order chi connectivity index (χ0) is 20.4. The average molecular weight is 433 g/mol. The van der Waals surface area contributed by atoms with Crippen molar-refractivity contribution in [3.63, 3.8) is 0 Å². The summed E-state index contributed by atoms with van der Waals surface area (Å²) in [5.41, 5.74) is 1.76. The quantitative estimate of drug-likeness (QED) is 0.484. The molecule has 1 N–H and O–H groups in total. The van der Waals surface area contributed by atoms with E-state index in [4.69, 9.17) is 23.2 Å². The maximum atomic E-state index is 14.2. The van der Waals surface area contributed by atoms with E-state index in [1.54, 1.807) is 30.3 Å². The van der Waals surface area contributed by atoms with Crippen LogP contribution in [0.15, 0.2) is 54.7 Å². The lowest BCUT2D eigenvalue weighted by Gasteiger charge is -2.12. The molecule has 0 aliphatic rings. The molecule has 2 heterocycles. The first kappa shape index (κ1) is 19.2. The van der Waals surface area contributed by atoms with Crippen LogP contribution in [-0.2, 0) is 6.54 Å². The Bertz CT molecular complexity index is 1180. The molecule has 146 valence electrons. The Balaban J connectivity index is 1.64. The molecular weight excluding hydrogens is 421 g/mol. The van der Waals surface area contributed by atoms with Gasteiger partial charge in [-0.15, -0.1) is 0 Å². The van der Waals surface area contributed by atoms with E-state index < -0.39 is 11.6 Å². The largest absolute Gasteiger partial charge is 0.349 e. The van der Waals surface area contributed by atoms with E-state index in [2.05, 4.69) is 25.8 Å². The molecule has 10 heteroatoms. The zero-order valence-corrected chi connectivity index (χ0v) is 16.2. The summed E-state index contributed by atoms with van der Waals surface area (Å²) in [6, 6.07) is 12.0. The van der Waals surface area contributed by atoms with Crippen molar-refractivity contribution >= 4 is 29.2 Å². The number of benzene rings is 2. The zero-order valence-electron chi connectivity index (χ0n) is 14.7. The van der Waals surface area contributed by atoms with Crippen molar-refractivity contribution in [1.29, 1.82) is 0 Å². The second-order valence-corrected chi connectivity index (χ2v) is 6.76. The number of hydrogen-bond donors (Lipinski definition) is 1. The Labute approximate surface area is 174 Å². The van der Waals surface area contributed by atoms with Crippen molar-refractivity contribution in [1.82, 2.24) is 25.2 Å². The smallest absolute Gasteiger partial charge is 0.248 e. The van der Waals surface area contributed by atoms with Gasteiger partial charge in [-0.2, -0.15) is 4.68 Å². The highest BCUT2D eigenvalue weighted by Crippen LogP contribution is 2.30. The van der Waals surface area contributed by atoms with Crippen molar-refractivity contribution in [3.8, 4) is 16.9 Å². The Morgan fingerprint density at radius 1 is 1.03 bits per heavy atom. The number of nitrogens with one attached hydrogen (secondary N) is 1. The third-order valence-electron chi connectivity index (χ3n) is 4.14. The van der Waals surface area contributed by atoms with E-state index in [-0.39, 0.29) is 12.1 Å². The van der Waals surface area contributed by atoms with Crippen LogP contribution in [0.2, 0.25) is 10.0 Å². The van der Waals surface area contributed by atoms with Gasteiger partial charge in [0.25, 0.3) is 0 Å². The standard InChI is InChI=1S/C19H12Cl2F2N6/c20-14-4-1-5-16(17(14)21)29-19(26-27-28-29)25-10-11-3-2-8-24-18(11)13-7-6-12(22)9-15(13)23/h1-9H,10H2,(H,25,26,28). The minimum absolute atomic E-state index is 0.196. The van der Waals surface area contributed by atoms with Crippen LogP contribution in [0.3, 0.4) is 0 Å². The number of tetrazole rings is 1. The summed E-state index contributed by atoms with van der Waals surface area (Å²) in [6.07, 6.45) is 1.54. The van der Waals surface area contributed by atoms with E-state index in [1.807, 2.05) is 0 Å². The van der Waals surface area contributed by atoms with Crippen LogP contribution in [0, 0.1) is 11.6 Å². The van der Waals surface area contributed by atoms with Crippen LogP contribution in [0.25, 0.3) is 16.9 Å². The van der Waals surface area contributed by atoms with Crippen LogP contribution in [-0.4, -0.2) is 25.2 Å². The molecule has 0 saturated carbocycles. The molecule has 0 aliphatic carbocycles. The number of nitrogens with zero attached hydrogens (tertiary/aromatic N) is 5. The van der Waals surface area contributed by atoms with Gasteiger partial charge in [0, 0.05) is 24.4 Å². The van der Waals surface area contributed by atoms with E-state index in [9.17, 15) is 8.78 Å². The molecule has 0 atom stereocenters. The molecule has 29 heavy (non-hydrogen) atoms. The first-order valence-electron chi connectivity index (χ1n) is 8.40. The SMILES string of the molecule is Fc1ccc(-c2ncccc2CNc2nnnn2-c2cccc(Cl)c2Cl)c(F)c1. The molecule has 6 nitrogen and oxygen atoms in total. The van der Waals surface area contributed by atoms with Crippen LogP contribution >= 0.6 is 23.2 Å². The molecular formula is C19H12Cl2F2N6. The Kier molecular flexibility index (Phi) is 5.37. The van der Waals surface area contributed by atoms with Crippen LogP contribution in [0.1, 0.15) is 5.56 Å². The van der Waals surface area contributed by atoms with Crippen LogP contribution in [0.5, 0.6) is 0 Å². The Morgan fingerprint density at radius 2 is 1.90 bits per heavy atom. The highest BCUT2D eigenvalue weighted by atomic mass is 35.5. The van der Waals surface area contributed by atoms with Gasteiger partial charge >= 0.3 is 0 Å². The lowest BCUT2D eigenvalue weighted by atomic mass is 10.1. The van der Waals surface area contributed by atoms with Gasteiger partial charge in [-0.3, -0.25) is 4.98 Å². The van der Waals surface area contributed by atoms with Crippen molar-refractivity contribution in [2.75, 3.05) is 5.32 Å². The van der Waals surface area contributed by atoms with E-state index >= 15 is 0 Å². The minimum atomic E-state index is -0.694. The monoisotopic (exact) mass is 432 g/mol. The fourth-order valence-corrected chi connectivity index (χ4v) is 3.17. The minimum Gasteiger partial charge on any atom is -0.349 e. The van der Waals surface area contributed by atoms with Gasteiger partial charge in [0.2, 0.25) is 5.95 Å². The topological polar surface area (TPSA) is 68.5 Å². The average Bonchev–Trinajstić information content (AvgIpc) is 3.17. The van der Waals surface area contributed by atoms with Gasteiger partial charge < -0.3 is 5.32 Å². The second-order valence-electron chi connectivity index (χ2n) is 5.98. The molecule has 0 bridgehead atoms. The number of anilines is 1. The summed E-state index contributed by atoms with van der Waals surface area (Å²) < 4.78 is 28.9. The first-order valence-corrected chi connectivity index (χ1v) is 9.16. The molecule has 0 saturated heterocycles. The number of pyridine rings is 1. The normalized spacial score (nSPS) is 10.9. The highest BCUT2D eigenvalue weighted by Gasteiger charge is 2.15. The van der Waals surface area contributed by atoms with Gasteiger partial charge in [-0.1, -0.05) is 40.4 Å². The molecule has 4 aromatic rings. The van der Waals surface area contributed by atoms with Crippen molar-refractivity contribution in [3.05, 3.63) is 82.0 Å². The van der Waals surface area contributed by atoms with Crippen LogP contribution in [0.4, 0.5) is 14.7 Å². The molecule has 2 aromatic carbocycles. The number of halogens is 4. The predicted octanol–water partition coefficient (Wildman–Crippen LogP) is 4.92. The molecule has 0 unspecified atom stereocenters. The second kappa shape index (κ2) is 8.10. The van der Waals surface area contributed by atoms with E-state index in [1.165, 1.54) is 23.0 Å². The lowest BCUT2D eigenvalue weighted by molar-refractivity contribution is 0.585.